The van der Waals surface area contributed by atoms with Crippen molar-refractivity contribution in [2.75, 3.05) is 14.2 Å². The number of ether oxygens (including phenoxy) is 2. The molecule has 0 bridgehead atoms. The number of amides is 1. The van der Waals surface area contributed by atoms with Gasteiger partial charge in [-0.2, -0.15) is 9.97 Å². The first-order valence-electron chi connectivity index (χ1n) is 6.65. The number of methoxy groups -OCH3 is 2. The summed E-state index contributed by atoms with van der Waals surface area (Å²) in [5.41, 5.74) is 0.325. The highest BCUT2D eigenvalue weighted by Crippen LogP contribution is 2.09. The molecule has 2 aromatic rings. The van der Waals surface area contributed by atoms with Gasteiger partial charge in [-0.15, -0.1) is 4.98 Å². The monoisotopic (exact) mass is 318 g/mol. The highest BCUT2D eigenvalue weighted by molar-refractivity contribution is 5.91. The van der Waals surface area contributed by atoms with Crippen LogP contribution in [0.25, 0.3) is 6.08 Å². The first-order valence-corrected chi connectivity index (χ1v) is 6.65. The molecule has 0 unspecified atom stereocenters. The molecule has 0 aliphatic carbocycles. The van der Waals surface area contributed by atoms with Gasteiger partial charge in [0.2, 0.25) is 5.91 Å². The summed E-state index contributed by atoms with van der Waals surface area (Å²) in [5.74, 6) is -0.531. The molecule has 1 aromatic heterocycles. The first kappa shape index (κ1) is 16.3. The third-order valence-electron chi connectivity index (χ3n) is 2.75. The molecule has 120 valence electrons. The number of aromatic nitrogens is 3. The molecule has 1 N–H and O–H groups in total. The highest BCUT2D eigenvalue weighted by Gasteiger charge is 2.07. The van der Waals surface area contributed by atoms with E-state index in [0.717, 1.165) is 0 Å². The molecular weight excluding hydrogens is 303 g/mol. The second kappa shape index (κ2) is 7.83. The Kier molecular flexibility index (Phi) is 5.56. The lowest BCUT2D eigenvalue weighted by Gasteiger charge is -2.05. The van der Waals surface area contributed by atoms with E-state index in [1.165, 1.54) is 32.4 Å². The van der Waals surface area contributed by atoms with Crippen molar-refractivity contribution in [1.82, 2.24) is 20.3 Å². The van der Waals surface area contributed by atoms with Crippen LogP contribution in [0.4, 0.5) is 4.39 Å². The summed E-state index contributed by atoms with van der Waals surface area (Å²) in [4.78, 5) is 23.6. The van der Waals surface area contributed by atoms with Crippen molar-refractivity contribution < 1.29 is 18.7 Å². The number of benzene rings is 1. The molecule has 1 heterocycles. The SMILES string of the molecule is COc1nc(CNC(=O)/C=C/c2ccccc2F)nc(OC)n1. The molecule has 0 spiro atoms. The molecular formula is C15H15FN4O3. The van der Waals surface area contributed by atoms with Crippen LogP contribution in [0.3, 0.4) is 0 Å². The molecule has 1 aromatic carbocycles. The molecule has 0 aliphatic rings. The van der Waals surface area contributed by atoms with Gasteiger partial charge in [-0.1, -0.05) is 18.2 Å². The number of carbonyl (C=O) groups excluding carboxylic acids is 1. The molecule has 7 nitrogen and oxygen atoms in total. The van der Waals surface area contributed by atoms with Gasteiger partial charge in [-0.3, -0.25) is 4.79 Å². The van der Waals surface area contributed by atoms with Crippen LogP contribution in [0.1, 0.15) is 11.4 Å². The van der Waals surface area contributed by atoms with Crippen molar-refractivity contribution in [3.05, 3.63) is 47.5 Å². The van der Waals surface area contributed by atoms with E-state index in [2.05, 4.69) is 20.3 Å². The van der Waals surface area contributed by atoms with Crippen molar-refractivity contribution in [3.8, 4) is 12.0 Å². The van der Waals surface area contributed by atoms with Gasteiger partial charge < -0.3 is 14.8 Å². The van der Waals surface area contributed by atoms with Gasteiger partial charge in [0.1, 0.15) is 5.82 Å². The van der Waals surface area contributed by atoms with Crippen LogP contribution in [0.5, 0.6) is 12.0 Å². The van der Waals surface area contributed by atoms with Gasteiger partial charge in [-0.25, -0.2) is 4.39 Å². The Morgan fingerprint density at radius 1 is 1.17 bits per heavy atom. The number of nitrogens with zero attached hydrogens (tertiary/aromatic N) is 3. The number of halogens is 1. The standard InChI is InChI=1S/C15H15FN4O3/c1-22-14-18-12(19-15(20-14)23-2)9-17-13(21)8-7-10-5-3-4-6-11(10)16/h3-8H,9H2,1-2H3,(H,17,21)/b8-7+. The molecule has 0 saturated heterocycles. The summed E-state index contributed by atoms with van der Waals surface area (Å²) in [7, 11) is 2.82. The van der Waals surface area contributed by atoms with Crippen LogP contribution in [0, 0.1) is 5.82 Å². The zero-order valence-corrected chi connectivity index (χ0v) is 12.6. The second-order valence-corrected chi connectivity index (χ2v) is 4.30. The Balaban J connectivity index is 1.98. The molecule has 0 saturated carbocycles. The van der Waals surface area contributed by atoms with Gasteiger partial charge in [0.05, 0.1) is 20.8 Å². The third-order valence-corrected chi connectivity index (χ3v) is 2.75. The Bertz CT molecular complexity index is 699. The number of nitrogens with one attached hydrogen (secondary N) is 1. The molecule has 0 atom stereocenters. The highest BCUT2D eigenvalue weighted by atomic mass is 19.1. The number of hydrogen-bond acceptors (Lipinski definition) is 6. The smallest absolute Gasteiger partial charge is 0.322 e. The van der Waals surface area contributed by atoms with E-state index in [1.54, 1.807) is 18.2 Å². The minimum absolute atomic E-state index is 0.0513. The molecule has 23 heavy (non-hydrogen) atoms. The molecule has 0 radical (unpaired) electrons. The van der Waals surface area contributed by atoms with Crippen LogP contribution in [-0.4, -0.2) is 35.1 Å². The predicted octanol–water partition coefficient (Wildman–Crippen LogP) is 1.36. The number of hydrogen-bond donors (Lipinski definition) is 1. The van der Waals surface area contributed by atoms with Crippen LogP contribution < -0.4 is 14.8 Å². The van der Waals surface area contributed by atoms with E-state index >= 15 is 0 Å². The summed E-state index contributed by atoms with van der Waals surface area (Å²) in [6.07, 6.45) is 2.62. The van der Waals surface area contributed by atoms with E-state index in [-0.39, 0.29) is 24.4 Å². The zero-order valence-electron chi connectivity index (χ0n) is 12.6. The molecule has 0 fully saturated rings. The summed E-state index contributed by atoms with van der Waals surface area (Å²) < 4.78 is 23.2. The average molecular weight is 318 g/mol. The summed E-state index contributed by atoms with van der Waals surface area (Å²) >= 11 is 0. The van der Waals surface area contributed by atoms with Crippen molar-refractivity contribution in [3.63, 3.8) is 0 Å². The van der Waals surface area contributed by atoms with Gasteiger partial charge >= 0.3 is 12.0 Å². The lowest BCUT2D eigenvalue weighted by molar-refractivity contribution is -0.116. The predicted molar refractivity (Wildman–Crippen MR) is 80.2 cm³/mol. The van der Waals surface area contributed by atoms with E-state index in [9.17, 15) is 9.18 Å². The van der Waals surface area contributed by atoms with Gasteiger partial charge in [0, 0.05) is 11.6 Å². The number of rotatable bonds is 6. The maximum Gasteiger partial charge on any atom is 0.322 e. The topological polar surface area (TPSA) is 86.2 Å². The lowest BCUT2D eigenvalue weighted by Crippen LogP contribution is -2.22. The van der Waals surface area contributed by atoms with Gasteiger partial charge in [-0.05, 0) is 12.1 Å². The fourth-order valence-corrected chi connectivity index (χ4v) is 1.64. The Hall–Kier alpha value is -3.03. The molecule has 8 heteroatoms. The lowest BCUT2D eigenvalue weighted by atomic mass is 10.2. The Morgan fingerprint density at radius 3 is 2.43 bits per heavy atom. The second-order valence-electron chi connectivity index (χ2n) is 4.30. The van der Waals surface area contributed by atoms with Crippen molar-refractivity contribution in [1.29, 1.82) is 0 Å². The molecule has 0 aliphatic heterocycles. The van der Waals surface area contributed by atoms with E-state index in [0.29, 0.717) is 5.56 Å². The van der Waals surface area contributed by atoms with Crippen molar-refractivity contribution in [2.24, 2.45) is 0 Å². The van der Waals surface area contributed by atoms with E-state index < -0.39 is 11.7 Å². The van der Waals surface area contributed by atoms with E-state index in [1.807, 2.05) is 0 Å². The minimum Gasteiger partial charge on any atom is -0.467 e. The van der Waals surface area contributed by atoms with Crippen molar-refractivity contribution >= 4 is 12.0 Å². The fraction of sp³-hybridized carbons (Fsp3) is 0.200. The largest absolute Gasteiger partial charge is 0.467 e. The van der Waals surface area contributed by atoms with Crippen LogP contribution >= 0.6 is 0 Å². The average Bonchev–Trinajstić information content (AvgIpc) is 2.58. The normalized spacial score (nSPS) is 10.6. The summed E-state index contributed by atoms with van der Waals surface area (Å²) in [6, 6.07) is 6.33. The van der Waals surface area contributed by atoms with Gasteiger partial charge in [0.15, 0.2) is 5.82 Å². The Labute approximate surface area is 132 Å². The van der Waals surface area contributed by atoms with Crippen LogP contribution in [0.15, 0.2) is 30.3 Å². The quantitative estimate of drug-likeness (QED) is 0.809. The molecule has 2 rings (SSSR count). The maximum absolute atomic E-state index is 13.4. The third kappa shape index (κ3) is 4.73. The van der Waals surface area contributed by atoms with Crippen LogP contribution in [0.2, 0.25) is 0 Å². The van der Waals surface area contributed by atoms with Crippen molar-refractivity contribution in [2.45, 2.75) is 6.54 Å². The maximum atomic E-state index is 13.4. The fourth-order valence-electron chi connectivity index (χ4n) is 1.64. The zero-order chi connectivity index (χ0) is 16.7. The minimum atomic E-state index is -0.411. The van der Waals surface area contributed by atoms with E-state index in [4.69, 9.17) is 9.47 Å². The number of carbonyl (C=O) groups is 1. The summed E-state index contributed by atoms with van der Waals surface area (Å²) in [5, 5.41) is 2.58. The Morgan fingerprint density at radius 2 is 1.83 bits per heavy atom. The summed E-state index contributed by atoms with van der Waals surface area (Å²) in [6.45, 7) is 0.0513. The molecule has 1 amide bonds. The van der Waals surface area contributed by atoms with Crippen LogP contribution in [-0.2, 0) is 11.3 Å². The first-order chi connectivity index (χ1) is 11.1. The van der Waals surface area contributed by atoms with Gasteiger partial charge in [0.25, 0.3) is 0 Å².